The Morgan fingerprint density at radius 3 is 2.60 bits per heavy atom. The SMILES string of the molecule is CC(C)N(C)CCCCNCC(O)c1ccccc1Cl. The summed E-state index contributed by atoms with van der Waals surface area (Å²) in [5.41, 5.74) is 0.793. The van der Waals surface area contributed by atoms with E-state index in [9.17, 15) is 5.11 Å². The maximum absolute atomic E-state index is 10.1. The number of unbranched alkanes of at least 4 members (excludes halogenated alkanes) is 1. The minimum absolute atomic E-state index is 0.540. The molecule has 1 rings (SSSR count). The van der Waals surface area contributed by atoms with Crippen LogP contribution in [0.4, 0.5) is 0 Å². The summed E-state index contributed by atoms with van der Waals surface area (Å²) in [5, 5.41) is 14.0. The van der Waals surface area contributed by atoms with E-state index in [1.54, 1.807) is 0 Å². The molecule has 1 aromatic rings. The van der Waals surface area contributed by atoms with Crippen LogP contribution in [0.3, 0.4) is 0 Å². The number of rotatable bonds is 9. The highest BCUT2D eigenvalue weighted by Crippen LogP contribution is 2.21. The molecule has 0 aromatic heterocycles. The lowest BCUT2D eigenvalue weighted by Crippen LogP contribution is -2.28. The average molecular weight is 299 g/mol. The highest BCUT2D eigenvalue weighted by atomic mass is 35.5. The van der Waals surface area contributed by atoms with Crippen LogP contribution < -0.4 is 5.32 Å². The van der Waals surface area contributed by atoms with Crippen LogP contribution in [0, 0.1) is 0 Å². The fourth-order valence-electron chi connectivity index (χ4n) is 1.96. The molecule has 0 saturated heterocycles. The molecule has 0 bridgehead atoms. The van der Waals surface area contributed by atoms with Gasteiger partial charge in [0.2, 0.25) is 0 Å². The van der Waals surface area contributed by atoms with Gasteiger partial charge in [0, 0.05) is 23.2 Å². The molecule has 0 spiro atoms. The van der Waals surface area contributed by atoms with Crippen LogP contribution in [-0.2, 0) is 0 Å². The lowest BCUT2D eigenvalue weighted by Gasteiger charge is -2.20. The summed E-state index contributed by atoms with van der Waals surface area (Å²) in [6.07, 6.45) is 1.75. The maximum Gasteiger partial charge on any atom is 0.0928 e. The van der Waals surface area contributed by atoms with Gasteiger partial charge in [-0.2, -0.15) is 0 Å². The number of hydrogen-bond acceptors (Lipinski definition) is 3. The second kappa shape index (κ2) is 9.35. The van der Waals surface area contributed by atoms with Crippen molar-refractivity contribution in [1.29, 1.82) is 0 Å². The zero-order valence-electron chi connectivity index (χ0n) is 12.8. The van der Waals surface area contributed by atoms with Crippen molar-refractivity contribution in [2.45, 2.75) is 38.8 Å². The smallest absolute Gasteiger partial charge is 0.0928 e. The summed E-state index contributed by atoms with van der Waals surface area (Å²) in [6.45, 7) is 7.00. The second-order valence-corrected chi connectivity index (χ2v) is 5.93. The minimum Gasteiger partial charge on any atom is -0.387 e. The molecule has 0 aliphatic rings. The van der Waals surface area contributed by atoms with Gasteiger partial charge in [0.25, 0.3) is 0 Å². The topological polar surface area (TPSA) is 35.5 Å². The third-order valence-corrected chi connectivity index (χ3v) is 3.94. The van der Waals surface area contributed by atoms with Crippen molar-refractivity contribution in [3.05, 3.63) is 34.9 Å². The van der Waals surface area contributed by atoms with E-state index >= 15 is 0 Å². The van der Waals surface area contributed by atoms with Gasteiger partial charge in [0.05, 0.1) is 6.10 Å². The quantitative estimate of drug-likeness (QED) is 0.688. The number of aliphatic hydroxyl groups is 1. The molecule has 0 aliphatic carbocycles. The van der Waals surface area contributed by atoms with Gasteiger partial charge in [-0.15, -0.1) is 0 Å². The number of aliphatic hydroxyl groups excluding tert-OH is 1. The Balaban J connectivity index is 2.14. The number of halogens is 1. The maximum atomic E-state index is 10.1. The van der Waals surface area contributed by atoms with E-state index in [1.165, 1.54) is 6.42 Å². The van der Waals surface area contributed by atoms with Gasteiger partial charge in [0.1, 0.15) is 0 Å². The van der Waals surface area contributed by atoms with Crippen LogP contribution >= 0.6 is 11.6 Å². The summed E-state index contributed by atoms with van der Waals surface area (Å²) in [7, 11) is 2.15. The number of hydrogen-bond donors (Lipinski definition) is 2. The van der Waals surface area contributed by atoms with Crippen LogP contribution in [-0.4, -0.2) is 42.7 Å². The van der Waals surface area contributed by atoms with Crippen LogP contribution in [0.1, 0.15) is 38.4 Å². The molecule has 20 heavy (non-hydrogen) atoms. The second-order valence-electron chi connectivity index (χ2n) is 5.52. The van der Waals surface area contributed by atoms with Crippen LogP contribution in [0.2, 0.25) is 5.02 Å². The first-order chi connectivity index (χ1) is 9.52. The third-order valence-electron chi connectivity index (χ3n) is 3.60. The standard InChI is InChI=1S/C16H27ClN2O/c1-13(2)19(3)11-7-6-10-18-12-16(20)14-8-4-5-9-15(14)17/h4-5,8-9,13,16,18,20H,6-7,10-12H2,1-3H3. The highest BCUT2D eigenvalue weighted by molar-refractivity contribution is 6.31. The lowest BCUT2D eigenvalue weighted by atomic mass is 10.1. The fourth-order valence-corrected chi connectivity index (χ4v) is 2.23. The van der Waals surface area contributed by atoms with Gasteiger partial charge in [0.15, 0.2) is 0 Å². The Morgan fingerprint density at radius 2 is 1.95 bits per heavy atom. The Hall–Kier alpha value is -0.610. The zero-order chi connectivity index (χ0) is 15.0. The molecule has 114 valence electrons. The van der Waals surface area contributed by atoms with Crippen molar-refractivity contribution in [3.63, 3.8) is 0 Å². The molecular weight excluding hydrogens is 272 g/mol. The lowest BCUT2D eigenvalue weighted by molar-refractivity contribution is 0.174. The van der Waals surface area contributed by atoms with Gasteiger partial charge < -0.3 is 15.3 Å². The van der Waals surface area contributed by atoms with Gasteiger partial charge in [-0.3, -0.25) is 0 Å². The molecule has 0 radical (unpaired) electrons. The normalized spacial score (nSPS) is 13.2. The zero-order valence-corrected chi connectivity index (χ0v) is 13.5. The Labute approximate surface area is 127 Å². The molecule has 0 aliphatic heterocycles. The van der Waals surface area contributed by atoms with Crippen molar-refractivity contribution in [1.82, 2.24) is 10.2 Å². The van der Waals surface area contributed by atoms with Gasteiger partial charge in [-0.25, -0.2) is 0 Å². The van der Waals surface area contributed by atoms with Crippen molar-refractivity contribution in [3.8, 4) is 0 Å². The number of nitrogens with one attached hydrogen (secondary N) is 1. The van der Waals surface area contributed by atoms with Crippen molar-refractivity contribution in [2.75, 3.05) is 26.7 Å². The van der Waals surface area contributed by atoms with E-state index in [0.29, 0.717) is 17.6 Å². The van der Waals surface area contributed by atoms with E-state index in [1.807, 2.05) is 24.3 Å². The van der Waals surface area contributed by atoms with Gasteiger partial charge >= 0.3 is 0 Å². The predicted molar refractivity (Wildman–Crippen MR) is 86.3 cm³/mol. The first kappa shape index (κ1) is 17.4. The van der Waals surface area contributed by atoms with E-state index in [2.05, 4.69) is 31.1 Å². The molecule has 0 saturated carbocycles. The molecule has 1 aromatic carbocycles. The third kappa shape index (κ3) is 6.23. The van der Waals surface area contributed by atoms with Crippen molar-refractivity contribution in [2.24, 2.45) is 0 Å². The Morgan fingerprint density at radius 1 is 1.25 bits per heavy atom. The molecule has 1 atom stereocenters. The molecule has 2 N–H and O–H groups in total. The Bertz CT molecular complexity index is 384. The largest absolute Gasteiger partial charge is 0.387 e. The number of nitrogens with zero attached hydrogens (tertiary/aromatic N) is 1. The monoisotopic (exact) mass is 298 g/mol. The minimum atomic E-state index is -0.540. The molecule has 1 unspecified atom stereocenters. The van der Waals surface area contributed by atoms with E-state index in [0.717, 1.165) is 25.1 Å². The van der Waals surface area contributed by atoms with Gasteiger partial charge in [-0.05, 0) is 52.9 Å². The fraction of sp³-hybridized carbons (Fsp3) is 0.625. The molecule has 0 amide bonds. The average Bonchev–Trinajstić information content (AvgIpc) is 2.42. The van der Waals surface area contributed by atoms with Crippen molar-refractivity contribution < 1.29 is 5.11 Å². The van der Waals surface area contributed by atoms with Crippen LogP contribution in [0.25, 0.3) is 0 Å². The summed E-state index contributed by atoms with van der Waals surface area (Å²) in [4.78, 5) is 2.35. The predicted octanol–water partition coefficient (Wildman–Crippen LogP) is 3.08. The first-order valence-electron chi connectivity index (χ1n) is 7.35. The number of benzene rings is 1. The van der Waals surface area contributed by atoms with Crippen LogP contribution in [0.5, 0.6) is 0 Å². The summed E-state index contributed by atoms with van der Waals surface area (Å²) in [6, 6.07) is 8.04. The molecule has 0 fully saturated rings. The first-order valence-corrected chi connectivity index (χ1v) is 7.73. The van der Waals surface area contributed by atoms with Gasteiger partial charge in [-0.1, -0.05) is 29.8 Å². The molecule has 4 heteroatoms. The van der Waals surface area contributed by atoms with E-state index < -0.39 is 6.10 Å². The molecular formula is C16H27ClN2O. The Kier molecular flexibility index (Phi) is 8.15. The summed E-state index contributed by atoms with van der Waals surface area (Å²) in [5.74, 6) is 0. The van der Waals surface area contributed by atoms with E-state index in [-0.39, 0.29) is 0 Å². The van der Waals surface area contributed by atoms with Crippen molar-refractivity contribution >= 4 is 11.6 Å². The van der Waals surface area contributed by atoms with Crippen LogP contribution in [0.15, 0.2) is 24.3 Å². The highest BCUT2D eigenvalue weighted by Gasteiger charge is 2.10. The summed E-state index contributed by atoms with van der Waals surface area (Å²) >= 11 is 6.05. The van der Waals surface area contributed by atoms with E-state index in [4.69, 9.17) is 11.6 Å². The summed E-state index contributed by atoms with van der Waals surface area (Å²) < 4.78 is 0. The molecule has 3 nitrogen and oxygen atoms in total. The molecule has 0 heterocycles.